The number of ether oxygens (including phenoxy) is 1. The van der Waals surface area contributed by atoms with Crippen LogP contribution in [0.15, 0.2) is 29.3 Å². The fraction of sp³-hybridized carbons (Fsp3) is 0.643. The van der Waals surface area contributed by atoms with Gasteiger partial charge in [0.1, 0.15) is 0 Å². The van der Waals surface area contributed by atoms with E-state index in [1.807, 2.05) is 12.4 Å². The van der Waals surface area contributed by atoms with E-state index in [1.54, 1.807) is 12.1 Å². The first kappa shape index (κ1) is 13.3. The van der Waals surface area contributed by atoms with Crippen LogP contribution in [0, 0.1) is 5.92 Å². The summed E-state index contributed by atoms with van der Waals surface area (Å²) in [4.78, 5) is 11.1. The predicted octanol–water partition coefficient (Wildman–Crippen LogP) is 1.25. The van der Waals surface area contributed by atoms with Crippen molar-refractivity contribution in [2.24, 2.45) is 5.92 Å². The molecular formula is C14H22N2O2. The third kappa shape index (κ3) is 3.68. The molecular weight excluding hydrogens is 228 g/mol. The van der Waals surface area contributed by atoms with Crippen molar-refractivity contribution in [2.45, 2.75) is 32.4 Å². The first-order valence-electron chi connectivity index (χ1n) is 6.77. The van der Waals surface area contributed by atoms with Gasteiger partial charge in [-0.3, -0.25) is 4.79 Å². The molecule has 2 rings (SSSR count). The Kier molecular flexibility index (Phi) is 4.96. The minimum atomic E-state index is 0.0634. The van der Waals surface area contributed by atoms with Crippen LogP contribution in [0.1, 0.15) is 19.8 Å². The van der Waals surface area contributed by atoms with Crippen molar-refractivity contribution in [2.75, 3.05) is 19.8 Å². The van der Waals surface area contributed by atoms with E-state index in [-0.39, 0.29) is 5.43 Å². The quantitative estimate of drug-likeness (QED) is 0.826. The van der Waals surface area contributed by atoms with Crippen LogP contribution in [0.2, 0.25) is 0 Å². The van der Waals surface area contributed by atoms with Crippen LogP contribution in [0.5, 0.6) is 0 Å². The van der Waals surface area contributed by atoms with Crippen LogP contribution in [-0.2, 0) is 11.3 Å². The van der Waals surface area contributed by atoms with Crippen LogP contribution in [0.4, 0.5) is 0 Å². The maximum atomic E-state index is 11.1. The van der Waals surface area contributed by atoms with Gasteiger partial charge in [0.2, 0.25) is 0 Å². The maximum Gasteiger partial charge on any atom is 0.181 e. The number of rotatable bonds is 6. The summed E-state index contributed by atoms with van der Waals surface area (Å²) in [7, 11) is 0. The molecule has 0 aromatic carbocycles. The molecule has 1 N–H and O–H groups in total. The van der Waals surface area contributed by atoms with Crippen molar-refractivity contribution >= 4 is 0 Å². The molecule has 0 saturated carbocycles. The van der Waals surface area contributed by atoms with Gasteiger partial charge in [-0.05, 0) is 19.4 Å². The van der Waals surface area contributed by atoms with E-state index in [1.165, 1.54) is 0 Å². The van der Waals surface area contributed by atoms with Crippen molar-refractivity contribution in [1.29, 1.82) is 0 Å². The molecule has 100 valence electrons. The largest absolute Gasteiger partial charge is 0.381 e. The normalized spacial score (nSPS) is 21.1. The standard InChI is InChI=1S/C14H22N2O2/c1-2-6-15-14(12-5-9-18-11-12)10-16-7-3-13(17)4-8-16/h3-4,7-8,12,14-15H,2,5-6,9-11H2,1H3. The van der Waals surface area contributed by atoms with Crippen LogP contribution in [-0.4, -0.2) is 30.4 Å². The van der Waals surface area contributed by atoms with Gasteiger partial charge in [-0.2, -0.15) is 0 Å². The molecule has 2 unspecified atom stereocenters. The summed E-state index contributed by atoms with van der Waals surface area (Å²) >= 11 is 0. The second-order valence-electron chi connectivity index (χ2n) is 4.91. The average molecular weight is 250 g/mol. The lowest BCUT2D eigenvalue weighted by molar-refractivity contribution is 0.173. The maximum absolute atomic E-state index is 11.1. The highest BCUT2D eigenvalue weighted by molar-refractivity contribution is 4.94. The third-order valence-corrected chi connectivity index (χ3v) is 3.46. The number of hydrogen-bond acceptors (Lipinski definition) is 3. The van der Waals surface area contributed by atoms with E-state index in [0.29, 0.717) is 12.0 Å². The number of nitrogens with zero attached hydrogens (tertiary/aromatic N) is 1. The van der Waals surface area contributed by atoms with Crippen molar-refractivity contribution < 1.29 is 4.74 Å². The lowest BCUT2D eigenvalue weighted by Crippen LogP contribution is -2.40. The lowest BCUT2D eigenvalue weighted by Gasteiger charge is -2.24. The molecule has 18 heavy (non-hydrogen) atoms. The zero-order valence-corrected chi connectivity index (χ0v) is 11.0. The Morgan fingerprint density at radius 1 is 1.50 bits per heavy atom. The first-order chi connectivity index (χ1) is 8.79. The van der Waals surface area contributed by atoms with E-state index in [2.05, 4.69) is 16.8 Å². The van der Waals surface area contributed by atoms with Gasteiger partial charge in [0, 0.05) is 49.6 Å². The molecule has 4 heteroatoms. The summed E-state index contributed by atoms with van der Waals surface area (Å²) in [6.45, 7) is 5.82. The zero-order chi connectivity index (χ0) is 12.8. The third-order valence-electron chi connectivity index (χ3n) is 3.46. The fourth-order valence-corrected chi connectivity index (χ4v) is 2.37. The van der Waals surface area contributed by atoms with Gasteiger partial charge in [-0.25, -0.2) is 0 Å². The SMILES string of the molecule is CCCNC(Cn1ccc(=O)cc1)C1CCOC1. The summed E-state index contributed by atoms with van der Waals surface area (Å²) in [5.41, 5.74) is 0.0634. The molecule has 0 amide bonds. The molecule has 0 bridgehead atoms. The molecule has 1 aromatic heterocycles. The number of nitrogens with one attached hydrogen (secondary N) is 1. The lowest BCUT2D eigenvalue weighted by atomic mass is 9.98. The zero-order valence-electron chi connectivity index (χ0n) is 11.0. The van der Waals surface area contributed by atoms with E-state index in [9.17, 15) is 4.79 Å². The summed E-state index contributed by atoms with van der Waals surface area (Å²) < 4.78 is 7.55. The second-order valence-corrected chi connectivity index (χ2v) is 4.91. The van der Waals surface area contributed by atoms with Crippen molar-refractivity contribution in [3.63, 3.8) is 0 Å². The summed E-state index contributed by atoms with van der Waals surface area (Å²) in [6, 6.07) is 3.65. The van der Waals surface area contributed by atoms with Crippen LogP contribution in [0.25, 0.3) is 0 Å². The first-order valence-corrected chi connectivity index (χ1v) is 6.77. The molecule has 2 heterocycles. The highest BCUT2D eigenvalue weighted by Gasteiger charge is 2.25. The van der Waals surface area contributed by atoms with E-state index >= 15 is 0 Å². The molecule has 1 aliphatic rings. The minimum Gasteiger partial charge on any atom is -0.381 e. The Hall–Kier alpha value is -1.13. The van der Waals surface area contributed by atoms with Gasteiger partial charge in [0.15, 0.2) is 5.43 Å². The number of pyridine rings is 1. The molecule has 2 atom stereocenters. The Morgan fingerprint density at radius 3 is 2.89 bits per heavy atom. The Bertz CT molecular complexity index is 390. The van der Waals surface area contributed by atoms with E-state index in [0.717, 1.165) is 39.1 Å². The van der Waals surface area contributed by atoms with Gasteiger partial charge < -0.3 is 14.6 Å². The summed E-state index contributed by atoms with van der Waals surface area (Å²) in [6.07, 6.45) is 5.98. The Balaban J connectivity index is 1.99. The molecule has 4 nitrogen and oxygen atoms in total. The topological polar surface area (TPSA) is 43.3 Å². The predicted molar refractivity (Wildman–Crippen MR) is 71.7 cm³/mol. The molecule has 1 fully saturated rings. The number of hydrogen-bond donors (Lipinski definition) is 1. The number of aromatic nitrogens is 1. The van der Waals surface area contributed by atoms with Gasteiger partial charge in [-0.1, -0.05) is 6.92 Å². The summed E-state index contributed by atoms with van der Waals surface area (Å²) in [5.74, 6) is 0.580. The molecule has 0 aliphatic carbocycles. The smallest absolute Gasteiger partial charge is 0.181 e. The average Bonchev–Trinajstić information content (AvgIpc) is 2.90. The van der Waals surface area contributed by atoms with Crippen molar-refractivity contribution in [3.05, 3.63) is 34.7 Å². The van der Waals surface area contributed by atoms with E-state index in [4.69, 9.17) is 4.74 Å². The van der Waals surface area contributed by atoms with Crippen LogP contribution >= 0.6 is 0 Å². The molecule has 1 aromatic rings. The molecule has 1 saturated heterocycles. The van der Waals surface area contributed by atoms with E-state index < -0.39 is 0 Å². The Morgan fingerprint density at radius 2 is 2.28 bits per heavy atom. The molecule has 0 radical (unpaired) electrons. The Labute approximate surface area is 108 Å². The highest BCUT2D eigenvalue weighted by atomic mass is 16.5. The fourth-order valence-electron chi connectivity index (χ4n) is 2.37. The van der Waals surface area contributed by atoms with Crippen LogP contribution < -0.4 is 10.7 Å². The minimum absolute atomic E-state index is 0.0634. The second kappa shape index (κ2) is 6.71. The summed E-state index contributed by atoms with van der Waals surface area (Å²) in [5, 5.41) is 3.60. The highest BCUT2D eigenvalue weighted by Crippen LogP contribution is 2.18. The van der Waals surface area contributed by atoms with Gasteiger partial charge in [0.05, 0.1) is 6.61 Å². The van der Waals surface area contributed by atoms with Crippen LogP contribution in [0.3, 0.4) is 0 Å². The van der Waals surface area contributed by atoms with Gasteiger partial charge in [-0.15, -0.1) is 0 Å². The van der Waals surface area contributed by atoms with Gasteiger partial charge >= 0.3 is 0 Å². The molecule has 1 aliphatic heterocycles. The monoisotopic (exact) mass is 250 g/mol. The van der Waals surface area contributed by atoms with Crippen molar-refractivity contribution in [3.8, 4) is 0 Å². The van der Waals surface area contributed by atoms with Gasteiger partial charge in [0.25, 0.3) is 0 Å². The molecule has 0 spiro atoms. The van der Waals surface area contributed by atoms with Crippen molar-refractivity contribution in [1.82, 2.24) is 9.88 Å².